The average Bonchev–Trinajstić information content (AvgIpc) is 3.23. The van der Waals surface area contributed by atoms with E-state index < -0.39 is 0 Å². The maximum Gasteiger partial charge on any atom is 0.157 e. The van der Waals surface area contributed by atoms with Crippen LogP contribution in [-0.2, 0) is 0 Å². The van der Waals surface area contributed by atoms with Gasteiger partial charge < -0.3 is 5.32 Å². The number of aromatic nitrogens is 2. The van der Waals surface area contributed by atoms with Gasteiger partial charge in [-0.1, -0.05) is 19.1 Å². The molecule has 1 aromatic carbocycles. The standard InChI is InChI=1S/C20H23N5/c1-3-24-10-6-7-15(24)13-22-19-11-14(2)16(12-21)20-23-17-8-4-5-9-18(17)25(19)20/h4-5,8-9,11,15,22H,3,6-7,10,13H2,1-2H3. The maximum absolute atomic E-state index is 9.57. The summed E-state index contributed by atoms with van der Waals surface area (Å²) in [5.74, 6) is 1.02. The minimum absolute atomic E-state index is 0.575. The van der Waals surface area contributed by atoms with Crippen molar-refractivity contribution in [3.05, 3.63) is 41.5 Å². The van der Waals surface area contributed by atoms with E-state index in [2.05, 4.69) is 39.7 Å². The van der Waals surface area contributed by atoms with E-state index in [9.17, 15) is 5.26 Å². The van der Waals surface area contributed by atoms with Crippen LogP contribution in [0.25, 0.3) is 16.7 Å². The lowest BCUT2D eigenvalue weighted by Gasteiger charge is -2.24. The largest absolute Gasteiger partial charge is 0.370 e. The summed E-state index contributed by atoms with van der Waals surface area (Å²) in [5, 5.41) is 13.2. The number of hydrogen-bond donors (Lipinski definition) is 1. The molecule has 0 saturated carbocycles. The van der Waals surface area contributed by atoms with Crippen molar-refractivity contribution < 1.29 is 0 Å². The molecular formula is C20H23N5. The lowest BCUT2D eigenvalue weighted by Crippen LogP contribution is -2.34. The summed E-state index contributed by atoms with van der Waals surface area (Å²) < 4.78 is 2.09. The molecule has 4 rings (SSSR count). The Bertz CT molecular complexity index is 966. The highest BCUT2D eigenvalue weighted by Gasteiger charge is 2.23. The van der Waals surface area contributed by atoms with Crippen LogP contribution in [0, 0.1) is 18.3 Å². The Morgan fingerprint density at radius 2 is 2.20 bits per heavy atom. The van der Waals surface area contributed by atoms with Crippen LogP contribution in [0.1, 0.15) is 30.9 Å². The Labute approximate surface area is 147 Å². The highest BCUT2D eigenvalue weighted by molar-refractivity contribution is 5.85. The number of anilines is 1. The van der Waals surface area contributed by atoms with Crippen LogP contribution in [0.15, 0.2) is 30.3 Å². The van der Waals surface area contributed by atoms with Crippen LogP contribution < -0.4 is 5.32 Å². The van der Waals surface area contributed by atoms with Crippen molar-refractivity contribution in [2.45, 2.75) is 32.7 Å². The number of nitriles is 1. The summed E-state index contributed by atoms with van der Waals surface area (Å²) in [6.07, 6.45) is 2.51. The van der Waals surface area contributed by atoms with E-state index in [1.165, 1.54) is 19.4 Å². The molecule has 2 aromatic heterocycles. The number of fused-ring (bicyclic) bond motifs is 3. The third-order valence-electron chi connectivity index (χ3n) is 5.31. The number of imidazole rings is 1. The molecule has 0 aliphatic carbocycles. The number of para-hydroxylation sites is 2. The van der Waals surface area contributed by atoms with Crippen molar-refractivity contribution in [1.29, 1.82) is 5.26 Å². The van der Waals surface area contributed by atoms with Gasteiger partial charge in [0.2, 0.25) is 0 Å². The van der Waals surface area contributed by atoms with Crippen LogP contribution >= 0.6 is 0 Å². The van der Waals surface area contributed by atoms with E-state index in [-0.39, 0.29) is 0 Å². The number of rotatable bonds is 4. The zero-order chi connectivity index (χ0) is 17.4. The van der Waals surface area contributed by atoms with Gasteiger partial charge in [-0.3, -0.25) is 9.30 Å². The summed E-state index contributed by atoms with van der Waals surface area (Å²) in [7, 11) is 0. The monoisotopic (exact) mass is 333 g/mol. The highest BCUT2D eigenvalue weighted by atomic mass is 15.2. The number of hydrogen-bond acceptors (Lipinski definition) is 4. The van der Waals surface area contributed by atoms with Crippen LogP contribution in [0.2, 0.25) is 0 Å². The van der Waals surface area contributed by atoms with Gasteiger partial charge in [-0.2, -0.15) is 5.26 Å². The molecule has 5 nitrogen and oxygen atoms in total. The SMILES string of the molecule is CCN1CCCC1CNc1cc(C)c(C#N)c2nc3ccccc3n12. The van der Waals surface area contributed by atoms with Crippen LogP contribution in [0.3, 0.4) is 0 Å². The molecule has 3 aromatic rings. The summed E-state index contributed by atoms with van der Waals surface area (Å²) in [6, 6.07) is 13.0. The Morgan fingerprint density at radius 3 is 3.00 bits per heavy atom. The fraction of sp³-hybridized carbons (Fsp3) is 0.400. The molecule has 25 heavy (non-hydrogen) atoms. The predicted molar refractivity (Wildman–Crippen MR) is 101 cm³/mol. The lowest BCUT2D eigenvalue weighted by molar-refractivity contribution is 0.277. The number of likely N-dealkylation sites (N-methyl/N-ethyl adjacent to an activating group) is 1. The Morgan fingerprint density at radius 1 is 1.36 bits per heavy atom. The number of likely N-dealkylation sites (tertiary alicyclic amines) is 1. The van der Waals surface area contributed by atoms with Gasteiger partial charge in [0.1, 0.15) is 11.9 Å². The molecular weight excluding hydrogens is 310 g/mol. The highest BCUT2D eigenvalue weighted by Crippen LogP contribution is 2.27. The van der Waals surface area contributed by atoms with Crippen molar-refractivity contribution in [3.63, 3.8) is 0 Å². The first kappa shape index (κ1) is 15.9. The van der Waals surface area contributed by atoms with E-state index in [0.717, 1.165) is 41.2 Å². The molecule has 0 radical (unpaired) electrons. The van der Waals surface area contributed by atoms with Crippen LogP contribution in [-0.4, -0.2) is 40.0 Å². The molecule has 128 valence electrons. The van der Waals surface area contributed by atoms with Crippen molar-refractivity contribution in [2.75, 3.05) is 25.0 Å². The topological polar surface area (TPSA) is 56.4 Å². The van der Waals surface area contributed by atoms with Gasteiger partial charge in [-0.05, 0) is 56.6 Å². The summed E-state index contributed by atoms with van der Waals surface area (Å²) in [5.41, 5.74) is 4.31. The molecule has 1 unspecified atom stereocenters. The van der Waals surface area contributed by atoms with Crippen molar-refractivity contribution in [3.8, 4) is 6.07 Å². The van der Waals surface area contributed by atoms with Gasteiger partial charge in [-0.15, -0.1) is 0 Å². The third-order valence-corrected chi connectivity index (χ3v) is 5.31. The predicted octanol–water partition coefficient (Wildman–Crippen LogP) is 3.56. The maximum atomic E-state index is 9.57. The van der Waals surface area contributed by atoms with Gasteiger partial charge >= 0.3 is 0 Å². The first-order valence-corrected chi connectivity index (χ1v) is 9.01. The van der Waals surface area contributed by atoms with E-state index in [0.29, 0.717) is 11.6 Å². The van der Waals surface area contributed by atoms with Crippen molar-refractivity contribution in [2.24, 2.45) is 0 Å². The Hall–Kier alpha value is -2.58. The molecule has 1 saturated heterocycles. The number of pyridine rings is 1. The lowest BCUT2D eigenvalue weighted by atomic mass is 10.1. The third kappa shape index (κ3) is 2.63. The molecule has 0 amide bonds. The van der Waals surface area contributed by atoms with Crippen LogP contribution in [0.4, 0.5) is 5.82 Å². The summed E-state index contributed by atoms with van der Waals surface area (Å²) in [4.78, 5) is 7.24. The van der Waals surface area contributed by atoms with E-state index in [1.807, 2.05) is 25.1 Å². The normalized spacial score (nSPS) is 18.0. The second kappa shape index (κ2) is 6.38. The van der Waals surface area contributed by atoms with Gasteiger partial charge in [0, 0.05) is 12.6 Å². The number of benzene rings is 1. The minimum Gasteiger partial charge on any atom is -0.370 e. The Kier molecular flexibility index (Phi) is 4.06. The van der Waals surface area contributed by atoms with E-state index in [1.54, 1.807) is 0 Å². The molecule has 0 bridgehead atoms. The zero-order valence-electron chi connectivity index (χ0n) is 14.8. The molecule has 1 N–H and O–H groups in total. The zero-order valence-corrected chi connectivity index (χ0v) is 14.8. The smallest absolute Gasteiger partial charge is 0.157 e. The first-order valence-electron chi connectivity index (χ1n) is 9.01. The van der Waals surface area contributed by atoms with E-state index >= 15 is 0 Å². The number of nitrogens with one attached hydrogen (secondary N) is 1. The fourth-order valence-electron chi connectivity index (χ4n) is 3.99. The Balaban J connectivity index is 1.79. The molecule has 1 atom stereocenters. The number of aryl methyl sites for hydroxylation is 1. The summed E-state index contributed by atoms with van der Waals surface area (Å²) in [6.45, 7) is 7.42. The summed E-state index contributed by atoms with van der Waals surface area (Å²) >= 11 is 0. The van der Waals surface area contributed by atoms with Crippen molar-refractivity contribution in [1.82, 2.24) is 14.3 Å². The average molecular weight is 333 g/mol. The van der Waals surface area contributed by atoms with Gasteiger partial charge in [-0.25, -0.2) is 4.98 Å². The van der Waals surface area contributed by atoms with Gasteiger partial charge in [0.25, 0.3) is 0 Å². The minimum atomic E-state index is 0.575. The molecule has 1 aliphatic heterocycles. The van der Waals surface area contributed by atoms with Crippen LogP contribution in [0.5, 0.6) is 0 Å². The molecule has 1 aliphatic rings. The van der Waals surface area contributed by atoms with Crippen molar-refractivity contribution >= 4 is 22.5 Å². The van der Waals surface area contributed by atoms with Gasteiger partial charge in [0.15, 0.2) is 5.65 Å². The number of nitrogens with zero attached hydrogens (tertiary/aromatic N) is 4. The fourth-order valence-corrected chi connectivity index (χ4v) is 3.99. The second-order valence-corrected chi connectivity index (χ2v) is 6.76. The quantitative estimate of drug-likeness (QED) is 0.793. The molecule has 0 spiro atoms. The molecule has 3 heterocycles. The van der Waals surface area contributed by atoms with Gasteiger partial charge in [0.05, 0.1) is 16.6 Å². The second-order valence-electron chi connectivity index (χ2n) is 6.76. The molecule has 5 heteroatoms. The molecule has 1 fully saturated rings. The first-order chi connectivity index (χ1) is 12.2. The van der Waals surface area contributed by atoms with E-state index in [4.69, 9.17) is 4.98 Å².